The third-order valence-electron chi connectivity index (χ3n) is 3.16. The van der Waals surface area contributed by atoms with Gasteiger partial charge in [0, 0.05) is 30.4 Å². The SMILES string of the molecule is COc1ccc(C(N)=S)cc1CN(C)Cc1ccccn1. The van der Waals surface area contributed by atoms with Crippen LogP contribution < -0.4 is 10.5 Å². The Bertz CT molecular complexity index is 616. The Morgan fingerprint density at radius 1 is 1.29 bits per heavy atom. The van der Waals surface area contributed by atoms with E-state index in [-0.39, 0.29) is 0 Å². The summed E-state index contributed by atoms with van der Waals surface area (Å²) in [6.45, 7) is 1.50. The van der Waals surface area contributed by atoms with Crippen LogP contribution in [-0.2, 0) is 13.1 Å². The van der Waals surface area contributed by atoms with Crippen LogP contribution in [0.25, 0.3) is 0 Å². The molecule has 110 valence electrons. The molecule has 0 amide bonds. The van der Waals surface area contributed by atoms with E-state index in [0.717, 1.165) is 35.7 Å². The van der Waals surface area contributed by atoms with Crippen LogP contribution >= 0.6 is 12.2 Å². The van der Waals surface area contributed by atoms with Gasteiger partial charge in [-0.15, -0.1) is 0 Å². The molecule has 0 spiro atoms. The summed E-state index contributed by atoms with van der Waals surface area (Å²) >= 11 is 5.03. The van der Waals surface area contributed by atoms with E-state index < -0.39 is 0 Å². The number of benzene rings is 1. The van der Waals surface area contributed by atoms with Gasteiger partial charge < -0.3 is 10.5 Å². The Morgan fingerprint density at radius 2 is 2.10 bits per heavy atom. The van der Waals surface area contributed by atoms with Crippen LogP contribution in [0, 0.1) is 0 Å². The van der Waals surface area contributed by atoms with Crippen LogP contribution in [-0.4, -0.2) is 29.0 Å². The summed E-state index contributed by atoms with van der Waals surface area (Å²) in [4.78, 5) is 6.90. The van der Waals surface area contributed by atoms with E-state index in [9.17, 15) is 0 Å². The van der Waals surface area contributed by atoms with Gasteiger partial charge in [-0.1, -0.05) is 18.3 Å². The molecule has 1 heterocycles. The van der Waals surface area contributed by atoms with Crippen molar-refractivity contribution >= 4 is 17.2 Å². The highest BCUT2D eigenvalue weighted by molar-refractivity contribution is 7.80. The minimum atomic E-state index is 0.395. The van der Waals surface area contributed by atoms with Crippen molar-refractivity contribution in [2.45, 2.75) is 13.1 Å². The molecule has 0 fully saturated rings. The molecule has 0 aliphatic carbocycles. The maximum atomic E-state index is 5.70. The van der Waals surface area contributed by atoms with E-state index in [4.69, 9.17) is 22.7 Å². The fourth-order valence-corrected chi connectivity index (χ4v) is 2.30. The second-order valence-electron chi connectivity index (χ2n) is 4.88. The first-order chi connectivity index (χ1) is 10.1. The molecule has 2 N–H and O–H groups in total. The maximum absolute atomic E-state index is 5.70. The van der Waals surface area contributed by atoms with Crippen LogP contribution in [0.5, 0.6) is 5.75 Å². The van der Waals surface area contributed by atoms with Crippen molar-refractivity contribution in [3.05, 3.63) is 59.4 Å². The first-order valence-electron chi connectivity index (χ1n) is 6.65. The highest BCUT2D eigenvalue weighted by Gasteiger charge is 2.09. The molecule has 0 bridgehead atoms. The summed E-state index contributed by atoms with van der Waals surface area (Å²) in [5.74, 6) is 0.836. The minimum Gasteiger partial charge on any atom is -0.496 e. The van der Waals surface area contributed by atoms with E-state index >= 15 is 0 Å². The highest BCUT2D eigenvalue weighted by Crippen LogP contribution is 2.21. The highest BCUT2D eigenvalue weighted by atomic mass is 32.1. The van der Waals surface area contributed by atoms with E-state index in [1.165, 1.54) is 0 Å². The molecule has 1 aromatic heterocycles. The molecule has 0 saturated heterocycles. The van der Waals surface area contributed by atoms with E-state index in [2.05, 4.69) is 9.88 Å². The summed E-state index contributed by atoms with van der Waals surface area (Å²) in [6, 6.07) is 11.7. The zero-order valence-electron chi connectivity index (χ0n) is 12.2. The molecule has 0 aliphatic rings. The van der Waals surface area contributed by atoms with Gasteiger partial charge in [-0.25, -0.2) is 0 Å². The van der Waals surface area contributed by atoms with Crippen molar-refractivity contribution in [1.29, 1.82) is 0 Å². The van der Waals surface area contributed by atoms with Crippen LogP contribution in [0.3, 0.4) is 0 Å². The van der Waals surface area contributed by atoms with Gasteiger partial charge in [0.25, 0.3) is 0 Å². The van der Waals surface area contributed by atoms with Gasteiger partial charge in [0.05, 0.1) is 12.8 Å². The van der Waals surface area contributed by atoms with Crippen molar-refractivity contribution in [2.24, 2.45) is 5.73 Å². The lowest BCUT2D eigenvalue weighted by molar-refractivity contribution is 0.306. The first kappa shape index (κ1) is 15.4. The zero-order chi connectivity index (χ0) is 15.2. The van der Waals surface area contributed by atoms with E-state index in [1.54, 1.807) is 13.3 Å². The smallest absolute Gasteiger partial charge is 0.123 e. The first-order valence-corrected chi connectivity index (χ1v) is 7.06. The van der Waals surface area contributed by atoms with Gasteiger partial charge in [0.15, 0.2) is 0 Å². The van der Waals surface area contributed by atoms with Gasteiger partial charge in [0.2, 0.25) is 0 Å². The van der Waals surface area contributed by atoms with Crippen molar-refractivity contribution in [1.82, 2.24) is 9.88 Å². The van der Waals surface area contributed by atoms with Crippen LogP contribution in [0.4, 0.5) is 0 Å². The molecule has 4 nitrogen and oxygen atoms in total. The Morgan fingerprint density at radius 3 is 2.71 bits per heavy atom. The Labute approximate surface area is 130 Å². The number of aromatic nitrogens is 1. The number of thiocarbonyl (C=S) groups is 1. The summed E-state index contributed by atoms with van der Waals surface area (Å²) < 4.78 is 5.40. The van der Waals surface area contributed by atoms with Crippen molar-refractivity contribution in [3.63, 3.8) is 0 Å². The van der Waals surface area contributed by atoms with Crippen LogP contribution in [0.15, 0.2) is 42.6 Å². The summed E-state index contributed by atoms with van der Waals surface area (Å²) in [5, 5.41) is 0. The number of nitrogens with two attached hydrogens (primary N) is 1. The van der Waals surface area contributed by atoms with Gasteiger partial charge in [0.1, 0.15) is 10.7 Å². The van der Waals surface area contributed by atoms with Crippen molar-refractivity contribution in [3.8, 4) is 5.75 Å². The number of hydrogen-bond acceptors (Lipinski definition) is 4. The van der Waals surface area contributed by atoms with Crippen molar-refractivity contribution < 1.29 is 4.74 Å². The molecular formula is C16H19N3OS. The molecule has 0 atom stereocenters. The average molecular weight is 301 g/mol. The Kier molecular flexibility index (Phi) is 5.25. The second kappa shape index (κ2) is 7.15. The standard InChI is InChI=1S/C16H19N3OS/c1-19(11-14-5-3-4-8-18-14)10-13-9-12(16(17)21)6-7-15(13)20-2/h3-9H,10-11H2,1-2H3,(H2,17,21). The largest absolute Gasteiger partial charge is 0.496 e. The topological polar surface area (TPSA) is 51.4 Å². The molecule has 2 aromatic rings. The molecule has 1 aromatic carbocycles. The molecule has 21 heavy (non-hydrogen) atoms. The molecule has 0 aliphatic heterocycles. The zero-order valence-corrected chi connectivity index (χ0v) is 13.1. The van der Waals surface area contributed by atoms with Crippen LogP contribution in [0.2, 0.25) is 0 Å². The molecule has 0 saturated carbocycles. The molecule has 0 radical (unpaired) electrons. The number of pyridine rings is 1. The average Bonchev–Trinajstić information content (AvgIpc) is 2.48. The summed E-state index contributed by atoms with van der Waals surface area (Å²) in [7, 11) is 3.71. The number of ether oxygens (including phenoxy) is 1. The number of hydrogen-bond donors (Lipinski definition) is 1. The fourth-order valence-electron chi connectivity index (χ4n) is 2.17. The van der Waals surface area contributed by atoms with Gasteiger partial charge in [-0.2, -0.15) is 0 Å². The normalized spacial score (nSPS) is 10.6. The lowest BCUT2D eigenvalue weighted by Crippen LogP contribution is -2.19. The Hall–Kier alpha value is -1.98. The predicted molar refractivity (Wildman–Crippen MR) is 88.3 cm³/mol. The van der Waals surface area contributed by atoms with Gasteiger partial charge in [-0.3, -0.25) is 9.88 Å². The third kappa shape index (κ3) is 4.24. The minimum absolute atomic E-state index is 0.395. The van der Waals surface area contributed by atoms with E-state index in [1.807, 2.05) is 43.4 Å². The number of methoxy groups -OCH3 is 1. The third-order valence-corrected chi connectivity index (χ3v) is 3.40. The molecule has 5 heteroatoms. The van der Waals surface area contributed by atoms with Gasteiger partial charge in [-0.05, 0) is 37.4 Å². The number of rotatable bonds is 6. The lowest BCUT2D eigenvalue weighted by Gasteiger charge is -2.18. The predicted octanol–water partition coefficient (Wildman–Crippen LogP) is 2.36. The fraction of sp³-hybridized carbons (Fsp3) is 0.250. The molecular weight excluding hydrogens is 282 g/mol. The second-order valence-corrected chi connectivity index (χ2v) is 5.32. The van der Waals surface area contributed by atoms with Crippen molar-refractivity contribution in [2.75, 3.05) is 14.2 Å². The molecule has 0 unspecified atom stereocenters. The van der Waals surface area contributed by atoms with Crippen LogP contribution in [0.1, 0.15) is 16.8 Å². The molecule has 2 rings (SSSR count). The Balaban J connectivity index is 2.13. The maximum Gasteiger partial charge on any atom is 0.123 e. The lowest BCUT2D eigenvalue weighted by atomic mass is 10.1. The van der Waals surface area contributed by atoms with E-state index in [0.29, 0.717) is 4.99 Å². The monoisotopic (exact) mass is 301 g/mol. The summed E-state index contributed by atoms with van der Waals surface area (Å²) in [6.07, 6.45) is 1.80. The van der Waals surface area contributed by atoms with Gasteiger partial charge >= 0.3 is 0 Å². The summed E-state index contributed by atoms with van der Waals surface area (Å²) in [5.41, 5.74) is 8.64. The number of nitrogens with zero attached hydrogens (tertiary/aromatic N) is 2. The quantitative estimate of drug-likeness (QED) is 0.830.